The van der Waals surface area contributed by atoms with E-state index in [0.29, 0.717) is 17.0 Å². The maximum Gasteiger partial charge on any atom is 0.262 e. The summed E-state index contributed by atoms with van der Waals surface area (Å²) in [4.78, 5) is 23.5. The number of ether oxygens (including phenoxy) is 1. The van der Waals surface area contributed by atoms with Gasteiger partial charge < -0.3 is 20.0 Å². The number of aryl methyl sites for hydroxylation is 1. The molecule has 0 bridgehead atoms. The number of rotatable bonds is 7. The van der Waals surface area contributed by atoms with Crippen molar-refractivity contribution in [2.24, 2.45) is 0 Å². The van der Waals surface area contributed by atoms with Crippen LogP contribution in [0.5, 0.6) is 5.75 Å². The third kappa shape index (κ3) is 5.20. The van der Waals surface area contributed by atoms with Crippen molar-refractivity contribution in [3.63, 3.8) is 0 Å². The van der Waals surface area contributed by atoms with Crippen molar-refractivity contribution in [3.05, 3.63) is 83.4 Å². The second-order valence-electron chi connectivity index (χ2n) is 6.64. The number of carbonyl (C=O) groups is 2. The summed E-state index contributed by atoms with van der Waals surface area (Å²) >= 11 is 0. The topological polar surface area (TPSA) is 125 Å². The third-order valence-corrected chi connectivity index (χ3v) is 5.96. The predicted octanol–water partition coefficient (Wildman–Crippen LogP) is 2.42. The lowest BCUT2D eigenvalue weighted by Gasteiger charge is -2.13. The maximum atomic E-state index is 12.9. The summed E-state index contributed by atoms with van der Waals surface area (Å²) in [5, 5.41) is 13.5. The molecule has 0 saturated heterocycles. The molecule has 2 N–H and O–H groups in total. The minimum Gasteiger partial charge on any atom is -0.545 e. The van der Waals surface area contributed by atoms with Gasteiger partial charge in [0.15, 0.2) is 0 Å². The second-order valence-corrected chi connectivity index (χ2v) is 8.29. The smallest absolute Gasteiger partial charge is 0.262 e. The highest BCUT2D eigenvalue weighted by Crippen LogP contribution is 2.23. The normalized spacial score (nSPS) is 10.9. The van der Waals surface area contributed by atoms with Crippen molar-refractivity contribution in [2.45, 2.75) is 11.8 Å². The van der Waals surface area contributed by atoms with E-state index in [9.17, 15) is 23.1 Å². The first-order valence-electron chi connectivity index (χ1n) is 9.10. The number of nitrogens with one attached hydrogen (secondary N) is 2. The number of anilines is 2. The van der Waals surface area contributed by atoms with Crippen LogP contribution in [0.15, 0.2) is 71.6 Å². The van der Waals surface area contributed by atoms with Gasteiger partial charge in [-0.15, -0.1) is 0 Å². The van der Waals surface area contributed by atoms with Crippen molar-refractivity contribution in [3.8, 4) is 5.75 Å². The molecule has 3 aromatic carbocycles. The number of benzene rings is 3. The van der Waals surface area contributed by atoms with Gasteiger partial charge in [-0.25, -0.2) is 8.42 Å². The van der Waals surface area contributed by atoms with E-state index in [1.165, 1.54) is 49.6 Å². The standard InChI is InChI=1S/C22H20N2O6S/c1-14-6-7-15(21(25)23-18-5-3-4-16(12-18)22(26)27)13-20(14)31(28,29)24-17-8-10-19(30-2)11-9-17/h3-13,24H,1-2H3,(H,23,25)(H,26,27)/p-1. The molecule has 3 rings (SSSR count). The fourth-order valence-corrected chi connectivity index (χ4v) is 4.16. The SMILES string of the molecule is COc1ccc(NS(=O)(=O)c2cc(C(=O)Nc3cccc(C(=O)[O-])c3)ccc2C)cc1. The largest absolute Gasteiger partial charge is 0.545 e. The van der Waals surface area contributed by atoms with Crippen LogP contribution in [0.4, 0.5) is 11.4 Å². The average Bonchev–Trinajstić information content (AvgIpc) is 2.74. The fraction of sp³-hybridized carbons (Fsp3) is 0.0909. The summed E-state index contributed by atoms with van der Waals surface area (Å²) in [6.45, 7) is 1.62. The van der Waals surface area contributed by atoms with E-state index < -0.39 is 21.9 Å². The van der Waals surface area contributed by atoms with Crippen molar-refractivity contribution in [1.82, 2.24) is 0 Å². The molecule has 0 saturated carbocycles. The van der Waals surface area contributed by atoms with Gasteiger partial charge in [0.05, 0.1) is 18.0 Å². The maximum absolute atomic E-state index is 12.9. The third-order valence-electron chi connectivity index (χ3n) is 4.44. The number of carboxylic acid groups (broad SMARTS) is 1. The van der Waals surface area contributed by atoms with Gasteiger partial charge in [-0.2, -0.15) is 0 Å². The first-order chi connectivity index (χ1) is 14.7. The first kappa shape index (κ1) is 21.8. The summed E-state index contributed by atoms with van der Waals surface area (Å²) in [5.41, 5.74) is 1.05. The van der Waals surface area contributed by atoms with Crippen LogP contribution < -0.4 is 19.9 Å². The van der Waals surface area contributed by atoms with E-state index in [-0.39, 0.29) is 21.7 Å². The molecule has 0 aliphatic rings. The second kappa shape index (κ2) is 8.88. The van der Waals surface area contributed by atoms with Gasteiger partial charge in [0.2, 0.25) is 0 Å². The number of amides is 1. The molecule has 0 spiro atoms. The Kier molecular flexibility index (Phi) is 6.26. The van der Waals surface area contributed by atoms with Gasteiger partial charge in [-0.3, -0.25) is 9.52 Å². The van der Waals surface area contributed by atoms with Crippen molar-refractivity contribution < 1.29 is 27.9 Å². The Morgan fingerprint density at radius 3 is 2.26 bits per heavy atom. The van der Waals surface area contributed by atoms with E-state index in [2.05, 4.69) is 10.0 Å². The fourth-order valence-electron chi connectivity index (χ4n) is 2.83. The summed E-state index contributed by atoms with van der Waals surface area (Å²) in [5.74, 6) is -1.37. The molecule has 0 atom stereocenters. The molecule has 8 nitrogen and oxygen atoms in total. The number of carboxylic acids is 1. The van der Waals surface area contributed by atoms with Gasteiger partial charge in [0, 0.05) is 16.9 Å². The quantitative estimate of drug-likeness (QED) is 0.583. The molecule has 31 heavy (non-hydrogen) atoms. The van der Waals surface area contributed by atoms with E-state index >= 15 is 0 Å². The highest BCUT2D eigenvalue weighted by molar-refractivity contribution is 7.92. The van der Waals surface area contributed by atoms with Gasteiger partial charge >= 0.3 is 0 Å². The lowest BCUT2D eigenvalue weighted by Crippen LogP contribution is -2.22. The molecule has 1 amide bonds. The first-order valence-corrected chi connectivity index (χ1v) is 10.6. The van der Waals surface area contributed by atoms with Crippen molar-refractivity contribution in [1.29, 1.82) is 0 Å². The summed E-state index contributed by atoms with van der Waals surface area (Å²) in [7, 11) is -2.46. The van der Waals surface area contributed by atoms with Crippen LogP contribution in [0, 0.1) is 6.92 Å². The molecular formula is C22H19N2O6S-. The number of sulfonamides is 1. The van der Waals surface area contributed by atoms with Gasteiger partial charge in [-0.05, 0) is 66.6 Å². The van der Waals surface area contributed by atoms with Crippen LogP contribution in [0.3, 0.4) is 0 Å². The summed E-state index contributed by atoms with van der Waals surface area (Å²) in [6, 6.07) is 16.2. The zero-order valence-electron chi connectivity index (χ0n) is 16.7. The Hall–Kier alpha value is -3.85. The van der Waals surface area contributed by atoms with Crippen LogP contribution >= 0.6 is 0 Å². The Bertz CT molecular complexity index is 1240. The molecule has 3 aromatic rings. The highest BCUT2D eigenvalue weighted by atomic mass is 32.2. The lowest BCUT2D eigenvalue weighted by molar-refractivity contribution is -0.255. The number of aromatic carboxylic acids is 1. The van der Waals surface area contributed by atoms with Crippen molar-refractivity contribution >= 4 is 33.3 Å². The minimum atomic E-state index is -3.97. The zero-order chi connectivity index (χ0) is 22.6. The Morgan fingerprint density at radius 1 is 0.903 bits per heavy atom. The van der Waals surface area contributed by atoms with E-state index in [0.717, 1.165) is 0 Å². The van der Waals surface area contributed by atoms with Crippen molar-refractivity contribution in [2.75, 3.05) is 17.1 Å². The number of carbonyl (C=O) groups excluding carboxylic acids is 2. The zero-order valence-corrected chi connectivity index (χ0v) is 17.5. The van der Waals surface area contributed by atoms with Crippen LogP contribution in [-0.4, -0.2) is 27.4 Å². The number of hydrogen-bond acceptors (Lipinski definition) is 6. The molecule has 160 valence electrons. The predicted molar refractivity (Wildman–Crippen MR) is 114 cm³/mol. The van der Waals surface area contributed by atoms with Crippen LogP contribution in [0.25, 0.3) is 0 Å². The van der Waals surface area contributed by atoms with Gasteiger partial charge in [-0.1, -0.05) is 18.2 Å². The van der Waals surface area contributed by atoms with Crippen LogP contribution in [0.2, 0.25) is 0 Å². The Balaban J connectivity index is 1.85. The molecule has 0 aromatic heterocycles. The van der Waals surface area contributed by atoms with E-state index in [4.69, 9.17) is 4.74 Å². The summed E-state index contributed by atoms with van der Waals surface area (Å²) in [6.07, 6.45) is 0. The average molecular weight is 439 g/mol. The molecule has 0 aliphatic heterocycles. The minimum absolute atomic E-state index is 0.0561. The molecule has 0 heterocycles. The summed E-state index contributed by atoms with van der Waals surface area (Å²) < 4.78 is 33.3. The molecule has 0 unspecified atom stereocenters. The molecular weight excluding hydrogens is 420 g/mol. The lowest BCUT2D eigenvalue weighted by atomic mass is 10.1. The molecule has 9 heteroatoms. The number of hydrogen-bond donors (Lipinski definition) is 2. The van der Waals surface area contributed by atoms with E-state index in [1.807, 2.05) is 0 Å². The monoisotopic (exact) mass is 439 g/mol. The molecule has 0 radical (unpaired) electrons. The Morgan fingerprint density at radius 2 is 1.61 bits per heavy atom. The van der Waals surface area contributed by atoms with Gasteiger partial charge in [0.25, 0.3) is 15.9 Å². The number of methoxy groups -OCH3 is 1. The molecule has 0 fully saturated rings. The highest BCUT2D eigenvalue weighted by Gasteiger charge is 2.19. The van der Waals surface area contributed by atoms with Gasteiger partial charge in [0.1, 0.15) is 5.75 Å². The van der Waals surface area contributed by atoms with Crippen LogP contribution in [-0.2, 0) is 10.0 Å². The van der Waals surface area contributed by atoms with E-state index in [1.54, 1.807) is 31.2 Å². The Labute approximate surface area is 179 Å². The molecule has 0 aliphatic carbocycles. The van der Waals surface area contributed by atoms with Crippen LogP contribution in [0.1, 0.15) is 26.3 Å².